The number of urea groups is 1. The Bertz CT molecular complexity index is 1020. The number of hydrogen-bond donors (Lipinski definition) is 0. The van der Waals surface area contributed by atoms with Crippen molar-refractivity contribution in [3.8, 4) is 5.75 Å². The van der Waals surface area contributed by atoms with Crippen molar-refractivity contribution in [3.05, 3.63) is 65.7 Å². The summed E-state index contributed by atoms with van der Waals surface area (Å²) in [5.41, 5.74) is 2.55. The van der Waals surface area contributed by atoms with Crippen molar-refractivity contribution in [2.75, 3.05) is 34.3 Å². The maximum atomic E-state index is 14.0. The van der Waals surface area contributed by atoms with Crippen LogP contribution in [0.25, 0.3) is 0 Å². The van der Waals surface area contributed by atoms with Gasteiger partial charge in [0, 0.05) is 25.2 Å². The molecule has 5 heteroatoms. The van der Waals surface area contributed by atoms with E-state index >= 15 is 0 Å². The summed E-state index contributed by atoms with van der Waals surface area (Å²) in [4.78, 5) is 20.8. The van der Waals surface area contributed by atoms with Crippen LogP contribution in [0.1, 0.15) is 75.3 Å². The third-order valence-corrected chi connectivity index (χ3v) is 9.75. The molecule has 0 radical (unpaired) electrons. The van der Waals surface area contributed by atoms with Gasteiger partial charge < -0.3 is 14.5 Å². The molecule has 1 spiro atoms. The molecule has 3 aliphatic rings. The minimum Gasteiger partial charge on any atom is -0.497 e. The van der Waals surface area contributed by atoms with Crippen LogP contribution in [0, 0.1) is 5.92 Å². The third kappa shape index (κ3) is 5.25. The number of carbonyl (C=O) groups excluding carboxylic acids is 1. The molecule has 0 bridgehead atoms. The monoisotopic (exact) mass is 503 g/mol. The van der Waals surface area contributed by atoms with Gasteiger partial charge in [-0.05, 0) is 75.4 Å². The van der Waals surface area contributed by atoms with Gasteiger partial charge in [-0.25, -0.2) is 4.79 Å². The van der Waals surface area contributed by atoms with Gasteiger partial charge >= 0.3 is 6.03 Å². The molecule has 5 rings (SSSR count). The summed E-state index contributed by atoms with van der Waals surface area (Å²) in [7, 11) is 6.14. The van der Waals surface area contributed by atoms with E-state index in [0.717, 1.165) is 56.9 Å². The van der Waals surface area contributed by atoms with E-state index in [9.17, 15) is 4.79 Å². The highest BCUT2D eigenvalue weighted by Gasteiger charge is 2.54. The van der Waals surface area contributed by atoms with Gasteiger partial charge in [0.05, 0.1) is 12.6 Å². The Morgan fingerprint density at radius 2 is 1.59 bits per heavy atom. The summed E-state index contributed by atoms with van der Waals surface area (Å²) in [6, 6.07) is 19.4. The van der Waals surface area contributed by atoms with E-state index in [-0.39, 0.29) is 17.1 Å². The Labute approximate surface area is 223 Å². The SMILES string of the molecule is COc1ccc(CN2C[C@]3(CC[C@](c4ccccc4)(N(C)C)CC3)N(CCC3CCCCC3)C2=O)cc1. The fourth-order valence-electron chi connectivity index (χ4n) is 7.38. The van der Waals surface area contributed by atoms with Gasteiger partial charge in [0.1, 0.15) is 5.75 Å². The van der Waals surface area contributed by atoms with Crippen molar-refractivity contribution in [2.24, 2.45) is 5.92 Å². The van der Waals surface area contributed by atoms with E-state index in [1.807, 2.05) is 12.1 Å². The number of amides is 2. The Balaban J connectivity index is 1.37. The maximum Gasteiger partial charge on any atom is 0.320 e. The van der Waals surface area contributed by atoms with Crippen LogP contribution < -0.4 is 4.74 Å². The molecule has 2 aromatic carbocycles. The number of ether oxygens (including phenoxy) is 1. The zero-order valence-electron chi connectivity index (χ0n) is 23.1. The third-order valence-electron chi connectivity index (χ3n) is 9.75. The van der Waals surface area contributed by atoms with Crippen molar-refractivity contribution in [3.63, 3.8) is 0 Å². The van der Waals surface area contributed by atoms with Crippen LogP contribution in [0.4, 0.5) is 4.79 Å². The number of carbonyl (C=O) groups is 1. The van der Waals surface area contributed by atoms with Gasteiger partial charge in [0.25, 0.3) is 0 Å². The van der Waals surface area contributed by atoms with Crippen LogP contribution in [0.3, 0.4) is 0 Å². The van der Waals surface area contributed by atoms with Crippen LogP contribution in [0.2, 0.25) is 0 Å². The second-order valence-corrected chi connectivity index (χ2v) is 11.9. The largest absolute Gasteiger partial charge is 0.497 e. The average Bonchev–Trinajstić information content (AvgIpc) is 3.19. The zero-order chi connectivity index (χ0) is 25.9. The number of methoxy groups -OCH3 is 1. The molecule has 2 amide bonds. The molecule has 2 aliphatic carbocycles. The first-order valence-corrected chi connectivity index (χ1v) is 14.4. The van der Waals surface area contributed by atoms with Crippen LogP contribution in [-0.2, 0) is 12.1 Å². The van der Waals surface area contributed by atoms with Gasteiger partial charge in [-0.3, -0.25) is 4.90 Å². The molecular weight excluding hydrogens is 458 g/mol. The molecule has 37 heavy (non-hydrogen) atoms. The predicted molar refractivity (Wildman–Crippen MR) is 150 cm³/mol. The molecule has 200 valence electrons. The van der Waals surface area contributed by atoms with Gasteiger partial charge in [-0.15, -0.1) is 0 Å². The summed E-state index contributed by atoms with van der Waals surface area (Å²) in [6.45, 7) is 2.41. The van der Waals surface area contributed by atoms with E-state index in [1.165, 1.54) is 43.2 Å². The predicted octanol–water partition coefficient (Wildman–Crippen LogP) is 6.67. The van der Waals surface area contributed by atoms with Gasteiger partial charge in [0.15, 0.2) is 0 Å². The van der Waals surface area contributed by atoms with E-state index < -0.39 is 0 Å². The lowest BCUT2D eigenvalue weighted by molar-refractivity contribution is 0.0226. The summed E-state index contributed by atoms with van der Waals surface area (Å²) in [5, 5.41) is 0. The lowest BCUT2D eigenvalue weighted by Crippen LogP contribution is -2.55. The molecule has 0 aromatic heterocycles. The number of nitrogens with zero attached hydrogens (tertiary/aromatic N) is 3. The van der Waals surface area contributed by atoms with Crippen molar-refractivity contribution in [2.45, 2.75) is 81.8 Å². The fourth-order valence-corrected chi connectivity index (χ4v) is 7.38. The maximum absolute atomic E-state index is 14.0. The van der Waals surface area contributed by atoms with Crippen LogP contribution in [-0.4, -0.2) is 60.6 Å². The summed E-state index contributed by atoms with van der Waals surface area (Å²) in [5.74, 6) is 1.64. The second kappa shape index (κ2) is 11.1. The molecule has 0 atom stereocenters. The molecule has 1 saturated heterocycles. The molecule has 1 aliphatic heterocycles. The lowest BCUT2D eigenvalue weighted by atomic mass is 9.68. The van der Waals surface area contributed by atoms with Crippen molar-refractivity contribution < 1.29 is 9.53 Å². The first-order chi connectivity index (χ1) is 18.0. The van der Waals surface area contributed by atoms with Crippen LogP contribution >= 0.6 is 0 Å². The van der Waals surface area contributed by atoms with E-state index in [0.29, 0.717) is 6.54 Å². The van der Waals surface area contributed by atoms with Gasteiger partial charge in [-0.1, -0.05) is 74.6 Å². The number of rotatable bonds is 8. The van der Waals surface area contributed by atoms with Crippen molar-refractivity contribution >= 4 is 6.03 Å². The molecule has 3 fully saturated rings. The molecule has 2 aromatic rings. The highest BCUT2D eigenvalue weighted by Crippen LogP contribution is 2.49. The number of benzene rings is 2. The smallest absolute Gasteiger partial charge is 0.320 e. The Kier molecular flexibility index (Phi) is 7.80. The second-order valence-electron chi connectivity index (χ2n) is 11.9. The number of hydrogen-bond acceptors (Lipinski definition) is 3. The van der Waals surface area contributed by atoms with Crippen LogP contribution in [0.15, 0.2) is 54.6 Å². The average molecular weight is 504 g/mol. The van der Waals surface area contributed by atoms with Crippen molar-refractivity contribution in [1.82, 2.24) is 14.7 Å². The Morgan fingerprint density at radius 3 is 2.22 bits per heavy atom. The molecule has 2 saturated carbocycles. The summed E-state index contributed by atoms with van der Waals surface area (Å²) < 4.78 is 5.34. The fraction of sp³-hybridized carbons (Fsp3) is 0.594. The first kappa shape index (κ1) is 26.1. The minimum absolute atomic E-state index is 0.0357. The molecule has 0 unspecified atom stereocenters. The van der Waals surface area contributed by atoms with Gasteiger partial charge in [0.2, 0.25) is 0 Å². The minimum atomic E-state index is -0.0630. The van der Waals surface area contributed by atoms with Gasteiger partial charge in [-0.2, -0.15) is 0 Å². The van der Waals surface area contributed by atoms with E-state index in [1.54, 1.807) is 7.11 Å². The van der Waals surface area contributed by atoms with Crippen LogP contribution in [0.5, 0.6) is 5.75 Å². The molecule has 5 nitrogen and oxygen atoms in total. The molecule has 0 N–H and O–H groups in total. The Morgan fingerprint density at radius 1 is 0.919 bits per heavy atom. The lowest BCUT2D eigenvalue weighted by Gasteiger charge is -2.51. The Hall–Kier alpha value is -2.53. The highest BCUT2D eigenvalue weighted by molar-refractivity contribution is 5.78. The quantitative estimate of drug-likeness (QED) is 0.403. The topological polar surface area (TPSA) is 36.0 Å². The molecule has 1 heterocycles. The zero-order valence-corrected chi connectivity index (χ0v) is 23.1. The summed E-state index contributed by atoms with van der Waals surface area (Å²) in [6.07, 6.45) is 12.2. The van der Waals surface area contributed by atoms with E-state index in [2.05, 4.69) is 71.3 Å². The van der Waals surface area contributed by atoms with Crippen molar-refractivity contribution in [1.29, 1.82) is 0 Å². The normalized spacial score (nSPS) is 26.9. The summed E-state index contributed by atoms with van der Waals surface area (Å²) >= 11 is 0. The molecular formula is C32H45N3O2. The highest BCUT2D eigenvalue weighted by atomic mass is 16.5. The van der Waals surface area contributed by atoms with E-state index in [4.69, 9.17) is 4.74 Å². The standard InChI is InChI=1S/C32H45N3O2/c1-33(2)32(28-12-8-5-9-13-28)21-19-31(20-22-32)25-34(24-27-14-16-29(37-3)17-15-27)30(36)35(31)23-18-26-10-6-4-7-11-26/h5,8-9,12-17,26H,4,6-7,10-11,18-25H2,1-3H3/t31-,32+. The first-order valence-electron chi connectivity index (χ1n) is 14.4.